The predicted molar refractivity (Wildman–Crippen MR) is 146 cm³/mol. The summed E-state index contributed by atoms with van der Waals surface area (Å²) >= 11 is 0. The van der Waals surface area contributed by atoms with E-state index < -0.39 is 66.2 Å². The molecule has 0 bridgehead atoms. The summed E-state index contributed by atoms with van der Waals surface area (Å²) in [7, 11) is -7.67. The number of carbonyl (C=O) groups excluding carboxylic acids is 1. The molecule has 1 aromatic heterocycles. The fourth-order valence-corrected chi connectivity index (χ4v) is 9.14. The zero-order valence-corrected chi connectivity index (χ0v) is 23.9. The second-order valence-electron chi connectivity index (χ2n) is 10.1. The lowest BCUT2D eigenvalue weighted by Gasteiger charge is -2.52. The van der Waals surface area contributed by atoms with E-state index in [0.29, 0.717) is 4.31 Å². The monoisotopic (exact) mass is 622 g/mol. The van der Waals surface area contributed by atoms with Crippen molar-refractivity contribution in [1.82, 2.24) is 18.9 Å². The first-order chi connectivity index (χ1) is 19.6. The number of sulfonamides is 2. The molecule has 0 saturated carbocycles. The van der Waals surface area contributed by atoms with E-state index in [4.69, 9.17) is 5.41 Å². The molecular weight excluding hydrogens is 597 g/mol. The van der Waals surface area contributed by atoms with Gasteiger partial charge in [-0.3, -0.25) is 10.2 Å². The number of hydrogen-bond donors (Lipinski definition) is 3. The highest BCUT2D eigenvalue weighted by Gasteiger charge is 2.67. The Labute approximate surface area is 240 Å². The molecule has 0 radical (unpaired) electrons. The van der Waals surface area contributed by atoms with Gasteiger partial charge in [0.25, 0.3) is 5.91 Å². The van der Waals surface area contributed by atoms with Crippen molar-refractivity contribution < 1.29 is 34.8 Å². The van der Waals surface area contributed by atoms with Crippen molar-refractivity contribution in [1.29, 1.82) is 5.41 Å². The highest BCUT2D eigenvalue weighted by atomic mass is 32.2. The van der Waals surface area contributed by atoms with Gasteiger partial charge in [-0.15, -0.1) is 0 Å². The third-order valence-corrected chi connectivity index (χ3v) is 12.3. The smallest absolute Gasteiger partial charge is 0.274 e. The van der Waals surface area contributed by atoms with Gasteiger partial charge in [-0.05, 0) is 67.9 Å². The normalized spacial score (nSPS) is 24.0. The molecule has 0 aliphatic carbocycles. The zero-order valence-electron chi connectivity index (χ0n) is 22.2. The van der Waals surface area contributed by atoms with E-state index in [1.165, 1.54) is 19.1 Å². The molecule has 222 valence electrons. The molecule has 2 aliphatic heterocycles. The molecule has 5 rings (SSSR count). The van der Waals surface area contributed by atoms with E-state index >= 15 is 4.39 Å². The minimum absolute atomic E-state index is 0.0392. The second kappa shape index (κ2) is 10.1. The van der Waals surface area contributed by atoms with E-state index in [9.17, 15) is 30.4 Å². The van der Waals surface area contributed by atoms with Crippen LogP contribution >= 0.6 is 0 Å². The molecule has 2 fully saturated rings. The number of hydrogen-bond acceptors (Lipinski definition) is 7. The highest BCUT2D eigenvalue weighted by molar-refractivity contribution is 7.91. The number of nitrogens with zero attached hydrogens (tertiary/aromatic N) is 3. The van der Waals surface area contributed by atoms with Gasteiger partial charge in [0, 0.05) is 31.4 Å². The number of nitrogens with one attached hydrogen (secondary N) is 3. The molecule has 42 heavy (non-hydrogen) atoms. The van der Waals surface area contributed by atoms with Crippen molar-refractivity contribution in [3.05, 3.63) is 89.5 Å². The summed E-state index contributed by atoms with van der Waals surface area (Å²) in [5.41, 5.74) is -2.27. The van der Waals surface area contributed by atoms with Crippen LogP contribution in [0.3, 0.4) is 0 Å². The average Bonchev–Trinajstić information content (AvgIpc) is 3.42. The second-order valence-corrected chi connectivity index (χ2v) is 14.3. The largest absolute Gasteiger partial charge is 0.345 e. The van der Waals surface area contributed by atoms with Crippen LogP contribution in [-0.4, -0.2) is 67.2 Å². The quantitative estimate of drug-likeness (QED) is 0.396. The van der Waals surface area contributed by atoms with Gasteiger partial charge in [-0.1, -0.05) is 0 Å². The maximum atomic E-state index is 15.6. The van der Waals surface area contributed by atoms with Crippen LogP contribution in [0.25, 0.3) is 0 Å². The summed E-state index contributed by atoms with van der Waals surface area (Å²) in [5, 5.41) is 13.6. The Bertz CT molecular complexity index is 1810. The fraction of sp³-hybridized carbons (Fsp3) is 0.269. The van der Waals surface area contributed by atoms with Crippen molar-refractivity contribution in [3.8, 4) is 0 Å². The van der Waals surface area contributed by atoms with Crippen molar-refractivity contribution in [2.75, 3.05) is 25.5 Å². The number of halogens is 3. The number of aromatic nitrogens is 1. The summed E-state index contributed by atoms with van der Waals surface area (Å²) in [6.45, 7) is 0.461. The predicted octanol–water partition coefficient (Wildman–Crippen LogP) is 2.60. The zero-order chi connectivity index (χ0) is 30.7. The molecule has 1 amide bonds. The standard InChI is InChI=1S/C26H25F3N6O5S2/c1-25(20-13-18(6-9-21(20)29)32-23(36)22-10-5-17(28)14-31-22)26(42(39,40)34(2)24(30)33-25)11-12-35(15-26)41(37,38)19-7-3-16(27)4-8-19/h3-10,13-14H,11-12,15H2,1-2H3,(H2,30,33)(H,32,36)/t25-,26-/m0/s1. The molecular formula is C26H25F3N6O5S2. The molecule has 16 heteroatoms. The molecule has 3 aromatic rings. The van der Waals surface area contributed by atoms with Crippen LogP contribution in [0, 0.1) is 22.9 Å². The van der Waals surface area contributed by atoms with Crippen LogP contribution < -0.4 is 10.6 Å². The highest BCUT2D eigenvalue weighted by Crippen LogP contribution is 2.50. The van der Waals surface area contributed by atoms with Crippen molar-refractivity contribution in [2.45, 2.75) is 28.5 Å². The maximum absolute atomic E-state index is 15.6. The van der Waals surface area contributed by atoms with Gasteiger partial charge < -0.3 is 10.6 Å². The number of pyridine rings is 1. The van der Waals surface area contributed by atoms with Crippen molar-refractivity contribution in [2.24, 2.45) is 0 Å². The number of rotatable bonds is 5. The van der Waals surface area contributed by atoms with Crippen LogP contribution in [-0.2, 0) is 25.6 Å². The molecule has 3 heterocycles. The number of amides is 1. The molecule has 11 nitrogen and oxygen atoms in total. The van der Waals surface area contributed by atoms with E-state index in [-0.39, 0.29) is 34.8 Å². The van der Waals surface area contributed by atoms with Gasteiger partial charge in [0.1, 0.15) is 27.9 Å². The number of anilines is 1. The van der Waals surface area contributed by atoms with Crippen molar-refractivity contribution >= 4 is 37.6 Å². The van der Waals surface area contributed by atoms with Gasteiger partial charge >= 0.3 is 0 Å². The van der Waals surface area contributed by atoms with Gasteiger partial charge in [-0.25, -0.2) is 39.3 Å². The molecule has 3 N–H and O–H groups in total. The molecule has 2 saturated heterocycles. The number of carbonyl (C=O) groups is 1. The number of benzene rings is 2. The Morgan fingerprint density at radius 2 is 1.74 bits per heavy atom. The Kier molecular flexibility index (Phi) is 7.06. The fourth-order valence-electron chi connectivity index (χ4n) is 5.40. The van der Waals surface area contributed by atoms with E-state index in [2.05, 4.69) is 15.6 Å². The molecule has 2 aliphatic rings. The van der Waals surface area contributed by atoms with E-state index in [1.54, 1.807) is 0 Å². The van der Waals surface area contributed by atoms with Crippen LogP contribution in [0.2, 0.25) is 0 Å². The lowest BCUT2D eigenvalue weighted by Crippen LogP contribution is -2.74. The first kappa shape index (κ1) is 29.5. The Morgan fingerprint density at radius 3 is 2.38 bits per heavy atom. The minimum Gasteiger partial charge on any atom is -0.345 e. The van der Waals surface area contributed by atoms with Crippen LogP contribution in [0.1, 0.15) is 29.4 Å². The lowest BCUT2D eigenvalue weighted by molar-refractivity contribution is 0.102. The van der Waals surface area contributed by atoms with Crippen LogP contribution in [0.4, 0.5) is 18.9 Å². The summed E-state index contributed by atoms with van der Waals surface area (Å²) < 4.78 is 96.8. The average molecular weight is 623 g/mol. The van der Waals surface area contributed by atoms with Crippen LogP contribution in [0.15, 0.2) is 65.7 Å². The Hall–Kier alpha value is -4.02. The first-order valence-corrected chi connectivity index (χ1v) is 15.3. The molecule has 0 unspecified atom stereocenters. The summed E-state index contributed by atoms with van der Waals surface area (Å²) in [4.78, 5) is 16.1. The van der Waals surface area contributed by atoms with Gasteiger partial charge in [0.15, 0.2) is 0 Å². The van der Waals surface area contributed by atoms with Crippen LogP contribution in [0.5, 0.6) is 0 Å². The first-order valence-electron chi connectivity index (χ1n) is 12.5. The minimum atomic E-state index is -4.51. The third kappa shape index (κ3) is 4.49. The van der Waals surface area contributed by atoms with Gasteiger partial charge in [-0.2, -0.15) is 4.31 Å². The third-order valence-electron chi connectivity index (χ3n) is 7.82. The lowest BCUT2D eigenvalue weighted by atomic mass is 9.77. The van der Waals surface area contributed by atoms with Crippen molar-refractivity contribution in [3.63, 3.8) is 0 Å². The molecule has 2 aromatic carbocycles. The van der Waals surface area contributed by atoms with Gasteiger partial charge in [0.05, 0.1) is 16.6 Å². The Balaban J connectivity index is 1.59. The number of guanidine groups is 1. The molecule has 2 atom stereocenters. The SMILES string of the molecule is CN1C(=N)N[C@@](C)(c2cc(NC(=O)c3ccc(F)cn3)ccc2F)[C@@]2(CCN(S(=O)(=O)c3ccc(F)cc3)C2)S1(=O)=O. The maximum Gasteiger partial charge on any atom is 0.274 e. The summed E-state index contributed by atoms with van der Waals surface area (Å²) in [5.74, 6) is -3.52. The van der Waals surface area contributed by atoms with E-state index in [1.807, 2.05) is 0 Å². The topological polar surface area (TPSA) is 153 Å². The summed E-state index contributed by atoms with van der Waals surface area (Å²) in [6.07, 6.45) is 0.562. The van der Waals surface area contributed by atoms with E-state index in [0.717, 1.165) is 60.0 Å². The Morgan fingerprint density at radius 1 is 1.07 bits per heavy atom. The summed E-state index contributed by atoms with van der Waals surface area (Å²) in [6, 6.07) is 9.65. The van der Waals surface area contributed by atoms with Gasteiger partial charge in [0.2, 0.25) is 26.0 Å². The molecule has 1 spiro atoms.